The van der Waals surface area contributed by atoms with Crippen LogP contribution in [0.4, 0.5) is 5.69 Å². The normalized spacial score (nSPS) is 11.1. The second-order valence-electron chi connectivity index (χ2n) is 8.25. The number of anilines is 1. The highest BCUT2D eigenvalue weighted by molar-refractivity contribution is 6.07. The largest absolute Gasteiger partial charge is 0.497 e. The van der Waals surface area contributed by atoms with Crippen LogP contribution in [0.1, 0.15) is 27.2 Å². The van der Waals surface area contributed by atoms with E-state index in [1.54, 1.807) is 14.2 Å². The number of methoxy groups -OCH3 is 2. The van der Waals surface area contributed by atoms with Gasteiger partial charge in [-0.15, -0.1) is 0 Å². The van der Waals surface area contributed by atoms with Crippen LogP contribution in [-0.2, 0) is 11.3 Å². The molecule has 33 heavy (non-hydrogen) atoms. The monoisotopic (exact) mass is 442 g/mol. The molecule has 4 aromatic rings. The number of nitrogens with one attached hydrogen (secondary N) is 1. The first-order valence-electron chi connectivity index (χ1n) is 11.1. The highest BCUT2D eigenvalue weighted by Crippen LogP contribution is 2.30. The Morgan fingerprint density at radius 2 is 1.70 bits per heavy atom. The van der Waals surface area contributed by atoms with Crippen LogP contribution in [0.15, 0.2) is 60.7 Å². The van der Waals surface area contributed by atoms with E-state index < -0.39 is 0 Å². The average Bonchev–Trinajstić information content (AvgIpc) is 3.07. The van der Waals surface area contributed by atoms with Crippen LogP contribution in [0.5, 0.6) is 5.75 Å². The molecule has 0 fully saturated rings. The Bertz CT molecular complexity index is 1300. The van der Waals surface area contributed by atoms with Crippen molar-refractivity contribution in [2.45, 2.75) is 27.3 Å². The Labute approximate surface area is 195 Å². The van der Waals surface area contributed by atoms with Crippen molar-refractivity contribution in [1.82, 2.24) is 4.57 Å². The highest BCUT2D eigenvalue weighted by Gasteiger charge is 2.15. The Balaban J connectivity index is 1.62. The quantitative estimate of drug-likeness (QED) is 0.374. The van der Waals surface area contributed by atoms with E-state index in [9.17, 15) is 4.79 Å². The molecule has 5 nitrogen and oxygen atoms in total. The van der Waals surface area contributed by atoms with Gasteiger partial charge in [0.1, 0.15) is 5.75 Å². The molecule has 1 aromatic heterocycles. The van der Waals surface area contributed by atoms with Crippen LogP contribution < -0.4 is 10.1 Å². The topological polar surface area (TPSA) is 52.5 Å². The van der Waals surface area contributed by atoms with Crippen LogP contribution >= 0.6 is 0 Å². The number of carbonyl (C=O) groups excluding carboxylic acids is 1. The van der Waals surface area contributed by atoms with Crippen molar-refractivity contribution < 1.29 is 14.3 Å². The molecule has 0 aliphatic heterocycles. The number of rotatable bonds is 7. The van der Waals surface area contributed by atoms with Crippen molar-refractivity contribution in [3.8, 4) is 16.9 Å². The van der Waals surface area contributed by atoms with Gasteiger partial charge in [0.25, 0.3) is 5.91 Å². The Morgan fingerprint density at radius 1 is 0.939 bits per heavy atom. The van der Waals surface area contributed by atoms with Gasteiger partial charge in [-0.2, -0.15) is 0 Å². The lowest BCUT2D eigenvalue weighted by Gasteiger charge is -2.13. The molecule has 1 N–H and O–H groups in total. The van der Waals surface area contributed by atoms with Crippen molar-refractivity contribution >= 4 is 22.5 Å². The zero-order chi connectivity index (χ0) is 23.5. The summed E-state index contributed by atoms with van der Waals surface area (Å²) in [6.07, 6.45) is 0. The number of hydrogen-bond donors (Lipinski definition) is 1. The van der Waals surface area contributed by atoms with Crippen LogP contribution in [0.25, 0.3) is 22.0 Å². The molecule has 0 bridgehead atoms. The van der Waals surface area contributed by atoms with E-state index in [1.165, 1.54) is 11.3 Å². The predicted octanol–water partition coefficient (Wildman–Crippen LogP) is 6.14. The van der Waals surface area contributed by atoms with Gasteiger partial charge in [-0.3, -0.25) is 4.79 Å². The van der Waals surface area contributed by atoms with E-state index in [1.807, 2.05) is 55.5 Å². The summed E-state index contributed by atoms with van der Waals surface area (Å²) in [6, 6.07) is 19.8. The number of benzene rings is 3. The van der Waals surface area contributed by atoms with Gasteiger partial charge in [-0.1, -0.05) is 24.3 Å². The fourth-order valence-electron chi connectivity index (χ4n) is 4.36. The van der Waals surface area contributed by atoms with Crippen LogP contribution in [0, 0.1) is 20.8 Å². The Kier molecular flexibility index (Phi) is 6.52. The third-order valence-electron chi connectivity index (χ3n) is 6.40. The number of amides is 1. The first-order chi connectivity index (χ1) is 15.9. The lowest BCUT2D eigenvalue weighted by molar-refractivity contribution is 0.102. The summed E-state index contributed by atoms with van der Waals surface area (Å²) in [6.45, 7) is 7.69. The standard InChI is InChI=1S/C28H30N2O3/c1-18-20(3)30(15-16-32-4)27-14-11-22(17-26(18)27)29-28(31)25-8-6-7-24(19(25)2)21-9-12-23(33-5)13-10-21/h6-14,17H,15-16H2,1-5H3,(H,29,31). The van der Waals surface area contributed by atoms with Gasteiger partial charge < -0.3 is 19.4 Å². The van der Waals surface area contributed by atoms with Crippen LogP contribution in [0.2, 0.25) is 0 Å². The first-order valence-corrected chi connectivity index (χ1v) is 11.1. The van der Waals surface area contributed by atoms with E-state index in [0.717, 1.165) is 45.6 Å². The van der Waals surface area contributed by atoms with Gasteiger partial charge in [0.05, 0.1) is 13.7 Å². The molecular formula is C28H30N2O3. The van der Waals surface area contributed by atoms with E-state index in [-0.39, 0.29) is 5.91 Å². The van der Waals surface area contributed by atoms with Gasteiger partial charge in [-0.05, 0) is 79.4 Å². The first kappa shape index (κ1) is 22.6. The minimum Gasteiger partial charge on any atom is -0.497 e. The minimum absolute atomic E-state index is 0.115. The fourth-order valence-corrected chi connectivity index (χ4v) is 4.36. The molecule has 170 valence electrons. The van der Waals surface area contributed by atoms with E-state index in [2.05, 4.69) is 35.9 Å². The molecule has 0 atom stereocenters. The molecule has 0 spiro atoms. The fraction of sp³-hybridized carbons (Fsp3) is 0.250. The number of aromatic nitrogens is 1. The van der Waals surface area contributed by atoms with Crippen LogP contribution in [-0.4, -0.2) is 31.3 Å². The lowest BCUT2D eigenvalue weighted by Crippen LogP contribution is -2.13. The Hall–Kier alpha value is -3.57. The molecule has 0 aliphatic rings. The summed E-state index contributed by atoms with van der Waals surface area (Å²) in [7, 11) is 3.37. The molecule has 0 aliphatic carbocycles. The molecule has 3 aromatic carbocycles. The summed E-state index contributed by atoms with van der Waals surface area (Å²) in [5.74, 6) is 0.692. The smallest absolute Gasteiger partial charge is 0.255 e. The molecule has 0 unspecified atom stereocenters. The van der Waals surface area contributed by atoms with Gasteiger partial charge >= 0.3 is 0 Å². The zero-order valence-corrected chi connectivity index (χ0v) is 19.9. The summed E-state index contributed by atoms with van der Waals surface area (Å²) in [5.41, 5.74) is 8.05. The maximum atomic E-state index is 13.2. The molecule has 0 saturated heterocycles. The van der Waals surface area contributed by atoms with Gasteiger partial charge in [0.2, 0.25) is 0 Å². The number of fused-ring (bicyclic) bond motifs is 1. The summed E-state index contributed by atoms with van der Waals surface area (Å²) in [5, 5.41) is 4.24. The third kappa shape index (κ3) is 4.37. The summed E-state index contributed by atoms with van der Waals surface area (Å²) in [4.78, 5) is 13.2. The van der Waals surface area contributed by atoms with E-state index in [0.29, 0.717) is 12.2 Å². The number of carbonyl (C=O) groups is 1. The van der Waals surface area contributed by atoms with Gasteiger partial charge in [0, 0.05) is 41.5 Å². The number of ether oxygens (including phenoxy) is 2. The molecular weight excluding hydrogens is 412 g/mol. The van der Waals surface area contributed by atoms with Crippen molar-refractivity contribution in [3.05, 3.63) is 83.0 Å². The zero-order valence-electron chi connectivity index (χ0n) is 19.9. The molecule has 4 rings (SSSR count). The second-order valence-corrected chi connectivity index (χ2v) is 8.25. The predicted molar refractivity (Wildman–Crippen MR) is 134 cm³/mol. The van der Waals surface area contributed by atoms with E-state index >= 15 is 0 Å². The molecule has 1 heterocycles. The molecule has 1 amide bonds. The van der Waals surface area contributed by atoms with Crippen molar-refractivity contribution in [1.29, 1.82) is 0 Å². The van der Waals surface area contributed by atoms with Gasteiger partial charge in [0.15, 0.2) is 0 Å². The third-order valence-corrected chi connectivity index (χ3v) is 6.40. The minimum atomic E-state index is -0.115. The lowest BCUT2D eigenvalue weighted by atomic mass is 9.96. The van der Waals surface area contributed by atoms with Crippen LogP contribution in [0.3, 0.4) is 0 Å². The molecule has 0 saturated carbocycles. The maximum absolute atomic E-state index is 13.2. The number of aryl methyl sites for hydroxylation is 1. The van der Waals surface area contributed by atoms with Crippen molar-refractivity contribution in [3.63, 3.8) is 0 Å². The number of hydrogen-bond acceptors (Lipinski definition) is 3. The highest BCUT2D eigenvalue weighted by atomic mass is 16.5. The molecule has 0 radical (unpaired) electrons. The SMILES string of the molecule is COCCn1c(C)c(C)c2cc(NC(=O)c3cccc(-c4ccc(OC)cc4)c3C)ccc21. The number of nitrogens with zero attached hydrogens (tertiary/aromatic N) is 1. The maximum Gasteiger partial charge on any atom is 0.255 e. The second kappa shape index (κ2) is 9.51. The summed E-state index contributed by atoms with van der Waals surface area (Å²) >= 11 is 0. The summed E-state index contributed by atoms with van der Waals surface area (Å²) < 4.78 is 12.8. The average molecular weight is 443 g/mol. The van der Waals surface area contributed by atoms with Crippen molar-refractivity contribution in [2.24, 2.45) is 0 Å². The Morgan fingerprint density at radius 3 is 2.39 bits per heavy atom. The van der Waals surface area contributed by atoms with Gasteiger partial charge in [-0.25, -0.2) is 0 Å². The molecule has 5 heteroatoms. The van der Waals surface area contributed by atoms with Crippen molar-refractivity contribution in [2.75, 3.05) is 26.1 Å². The van der Waals surface area contributed by atoms with E-state index in [4.69, 9.17) is 9.47 Å².